The van der Waals surface area contributed by atoms with Gasteiger partial charge in [-0.2, -0.15) is 0 Å². The monoisotopic (exact) mass is 235 g/mol. The van der Waals surface area contributed by atoms with E-state index >= 15 is 0 Å². The molecule has 1 aliphatic heterocycles. The zero-order chi connectivity index (χ0) is 11.9. The van der Waals surface area contributed by atoms with E-state index in [-0.39, 0.29) is 0 Å². The third-order valence-electron chi connectivity index (χ3n) is 2.89. The average molecular weight is 235 g/mol. The van der Waals surface area contributed by atoms with Gasteiger partial charge < -0.3 is 14.8 Å². The number of hydrogen-bond acceptors (Lipinski definition) is 3. The van der Waals surface area contributed by atoms with Crippen molar-refractivity contribution in [1.29, 1.82) is 0 Å². The molecule has 0 amide bonds. The first kappa shape index (κ1) is 12.2. The molecule has 94 valence electrons. The molecule has 2 rings (SSSR count). The van der Waals surface area contributed by atoms with Crippen LogP contribution in [0, 0.1) is 0 Å². The van der Waals surface area contributed by atoms with E-state index in [0.29, 0.717) is 6.10 Å². The van der Waals surface area contributed by atoms with E-state index in [1.807, 2.05) is 12.1 Å². The van der Waals surface area contributed by atoms with Gasteiger partial charge >= 0.3 is 0 Å². The Bertz CT molecular complexity index is 317. The van der Waals surface area contributed by atoms with Gasteiger partial charge in [-0.1, -0.05) is 6.92 Å². The quantitative estimate of drug-likeness (QED) is 0.822. The molecule has 1 saturated heterocycles. The summed E-state index contributed by atoms with van der Waals surface area (Å²) in [6.45, 7) is 4.70. The van der Waals surface area contributed by atoms with Crippen LogP contribution in [0.4, 0.5) is 5.69 Å². The lowest BCUT2D eigenvalue weighted by molar-refractivity contribution is 0.120. The van der Waals surface area contributed by atoms with Crippen molar-refractivity contribution >= 4 is 5.69 Å². The summed E-state index contributed by atoms with van der Waals surface area (Å²) in [4.78, 5) is 0. The van der Waals surface area contributed by atoms with Crippen LogP contribution in [-0.2, 0) is 4.74 Å². The van der Waals surface area contributed by atoms with Crippen LogP contribution in [0.25, 0.3) is 0 Å². The minimum absolute atomic E-state index is 0.381. The number of ether oxygens (including phenoxy) is 2. The molecule has 17 heavy (non-hydrogen) atoms. The lowest BCUT2D eigenvalue weighted by Crippen LogP contribution is -2.18. The summed E-state index contributed by atoms with van der Waals surface area (Å²) in [6.07, 6.45) is 3.78. The Kier molecular flexibility index (Phi) is 4.68. The van der Waals surface area contributed by atoms with E-state index in [1.54, 1.807) is 0 Å². The minimum Gasteiger partial charge on any atom is -0.494 e. The highest BCUT2D eigenvalue weighted by Gasteiger charge is 2.14. The number of rotatable bonds is 6. The largest absolute Gasteiger partial charge is 0.494 e. The maximum absolute atomic E-state index is 5.56. The highest BCUT2D eigenvalue weighted by molar-refractivity contribution is 5.46. The van der Waals surface area contributed by atoms with Crippen LogP contribution in [0.2, 0.25) is 0 Å². The second-order valence-corrected chi connectivity index (χ2v) is 4.39. The molecule has 1 N–H and O–H groups in total. The van der Waals surface area contributed by atoms with Crippen LogP contribution in [-0.4, -0.2) is 25.9 Å². The van der Waals surface area contributed by atoms with Gasteiger partial charge in [0.25, 0.3) is 0 Å². The number of nitrogens with one attached hydrogen (secondary N) is 1. The Morgan fingerprint density at radius 2 is 2.18 bits per heavy atom. The fourth-order valence-electron chi connectivity index (χ4n) is 1.93. The van der Waals surface area contributed by atoms with Crippen molar-refractivity contribution in [1.82, 2.24) is 0 Å². The van der Waals surface area contributed by atoms with Crippen LogP contribution in [0.5, 0.6) is 5.75 Å². The number of benzene rings is 1. The second-order valence-electron chi connectivity index (χ2n) is 4.39. The molecule has 3 heteroatoms. The molecular formula is C14H21NO2. The molecular weight excluding hydrogens is 214 g/mol. The van der Waals surface area contributed by atoms with E-state index in [4.69, 9.17) is 9.47 Å². The van der Waals surface area contributed by atoms with Crippen molar-refractivity contribution in [2.45, 2.75) is 32.3 Å². The standard InChI is InChI=1S/C14H21NO2/c1-2-9-16-13-7-5-12(6-8-13)15-11-14-4-3-10-17-14/h5-8,14-15H,2-4,9-11H2,1H3. The first-order valence-electron chi connectivity index (χ1n) is 6.47. The molecule has 1 fully saturated rings. The van der Waals surface area contributed by atoms with E-state index in [2.05, 4.69) is 24.4 Å². The Morgan fingerprint density at radius 3 is 2.82 bits per heavy atom. The average Bonchev–Trinajstić information content (AvgIpc) is 2.88. The smallest absolute Gasteiger partial charge is 0.119 e. The zero-order valence-corrected chi connectivity index (χ0v) is 10.4. The third-order valence-corrected chi connectivity index (χ3v) is 2.89. The molecule has 1 aliphatic rings. The molecule has 1 aromatic carbocycles. The second kappa shape index (κ2) is 6.50. The normalized spacial score (nSPS) is 19.2. The van der Waals surface area contributed by atoms with Gasteiger partial charge in [0.1, 0.15) is 5.75 Å². The van der Waals surface area contributed by atoms with Crippen LogP contribution in [0.3, 0.4) is 0 Å². The maximum Gasteiger partial charge on any atom is 0.119 e. The summed E-state index contributed by atoms with van der Waals surface area (Å²) >= 11 is 0. The first-order chi connectivity index (χ1) is 8.38. The SMILES string of the molecule is CCCOc1ccc(NCC2CCCO2)cc1. The van der Waals surface area contributed by atoms with Crippen LogP contribution in [0.15, 0.2) is 24.3 Å². The van der Waals surface area contributed by atoms with Gasteiger partial charge in [0.05, 0.1) is 12.7 Å². The lowest BCUT2D eigenvalue weighted by atomic mass is 10.2. The fraction of sp³-hybridized carbons (Fsp3) is 0.571. The van der Waals surface area contributed by atoms with Gasteiger partial charge in [-0.05, 0) is 43.5 Å². The Morgan fingerprint density at radius 1 is 1.35 bits per heavy atom. The molecule has 0 aromatic heterocycles. The topological polar surface area (TPSA) is 30.5 Å². The maximum atomic E-state index is 5.56. The van der Waals surface area contributed by atoms with Crippen molar-refractivity contribution in [3.8, 4) is 5.75 Å². The van der Waals surface area contributed by atoms with E-state index in [9.17, 15) is 0 Å². The number of hydrogen-bond donors (Lipinski definition) is 1. The fourth-order valence-corrected chi connectivity index (χ4v) is 1.93. The molecule has 0 spiro atoms. The molecule has 0 aliphatic carbocycles. The summed E-state index contributed by atoms with van der Waals surface area (Å²) in [5.41, 5.74) is 1.13. The molecule has 1 unspecified atom stereocenters. The summed E-state index contributed by atoms with van der Waals surface area (Å²) in [5, 5.41) is 3.39. The highest BCUT2D eigenvalue weighted by atomic mass is 16.5. The van der Waals surface area contributed by atoms with Gasteiger partial charge in [-0.15, -0.1) is 0 Å². The number of anilines is 1. The van der Waals surface area contributed by atoms with Crippen LogP contribution in [0.1, 0.15) is 26.2 Å². The third kappa shape index (κ3) is 3.93. The Labute approximate surface area is 103 Å². The summed E-state index contributed by atoms with van der Waals surface area (Å²) in [7, 11) is 0. The van der Waals surface area contributed by atoms with Crippen molar-refractivity contribution < 1.29 is 9.47 Å². The summed E-state index contributed by atoms with van der Waals surface area (Å²) in [6, 6.07) is 8.13. The van der Waals surface area contributed by atoms with E-state index in [0.717, 1.165) is 37.6 Å². The van der Waals surface area contributed by atoms with Crippen molar-refractivity contribution in [3.63, 3.8) is 0 Å². The Balaban J connectivity index is 1.76. The van der Waals surface area contributed by atoms with Crippen molar-refractivity contribution in [3.05, 3.63) is 24.3 Å². The molecule has 1 atom stereocenters. The first-order valence-corrected chi connectivity index (χ1v) is 6.47. The Hall–Kier alpha value is -1.22. The van der Waals surface area contributed by atoms with Crippen LogP contribution < -0.4 is 10.1 Å². The summed E-state index contributed by atoms with van der Waals surface area (Å²) in [5.74, 6) is 0.939. The molecule has 1 aromatic rings. The van der Waals surface area contributed by atoms with Gasteiger partial charge in [-0.25, -0.2) is 0 Å². The van der Waals surface area contributed by atoms with Crippen molar-refractivity contribution in [2.24, 2.45) is 0 Å². The van der Waals surface area contributed by atoms with Crippen molar-refractivity contribution in [2.75, 3.05) is 25.1 Å². The van der Waals surface area contributed by atoms with Gasteiger partial charge in [0.2, 0.25) is 0 Å². The highest BCUT2D eigenvalue weighted by Crippen LogP contribution is 2.17. The molecule has 0 saturated carbocycles. The molecule has 0 bridgehead atoms. The van der Waals surface area contributed by atoms with E-state index in [1.165, 1.54) is 12.8 Å². The van der Waals surface area contributed by atoms with Crippen LogP contribution >= 0.6 is 0 Å². The molecule has 0 radical (unpaired) electrons. The minimum atomic E-state index is 0.381. The van der Waals surface area contributed by atoms with Gasteiger partial charge in [-0.3, -0.25) is 0 Å². The summed E-state index contributed by atoms with van der Waals surface area (Å²) < 4.78 is 11.1. The molecule has 3 nitrogen and oxygen atoms in total. The van der Waals surface area contributed by atoms with E-state index < -0.39 is 0 Å². The van der Waals surface area contributed by atoms with Gasteiger partial charge in [0.15, 0.2) is 0 Å². The predicted octanol–water partition coefficient (Wildman–Crippen LogP) is 3.07. The molecule has 1 heterocycles. The lowest BCUT2D eigenvalue weighted by Gasteiger charge is -2.12. The zero-order valence-electron chi connectivity index (χ0n) is 10.4. The predicted molar refractivity (Wildman–Crippen MR) is 69.7 cm³/mol. The van der Waals surface area contributed by atoms with Gasteiger partial charge in [0, 0.05) is 18.8 Å².